The minimum atomic E-state index is 0.129. The Morgan fingerprint density at radius 3 is 3.31 bits per heavy atom. The fourth-order valence-electron chi connectivity index (χ4n) is 1.37. The number of rotatable bonds is 3. The van der Waals surface area contributed by atoms with Gasteiger partial charge in [0.15, 0.2) is 0 Å². The largest absolute Gasteiger partial charge is 0.379 e. The average Bonchev–Trinajstić information content (AvgIpc) is 2.72. The standard InChI is InChI=1S/C8H13N3OS/c1-8(2-3-12-6-8)9-4-7-5-13-11-10-7/h5,9H,2-4,6H2,1H3. The summed E-state index contributed by atoms with van der Waals surface area (Å²) in [7, 11) is 0. The predicted octanol–water partition coefficient (Wildman–Crippen LogP) is 0.807. The molecule has 0 amide bonds. The number of hydrogen-bond acceptors (Lipinski definition) is 5. The minimum absolute atomic E-state index is 0.129. The average molecular weight is 199 g/mol. The summed E-state index contributed by atoms with van der Waals surface area (Å²) in [5.41, 5.74) is 1.14. The number of nitrogens with zero attached hydrogens (tertiary/aromatic N) is 2. The summed E-state index contributed by atoms with van der Waals surface area (Å²) in [6.45, 7) is 4.62. The fourth-order valence-corrected chi connectivity index (χ4v) is 1.82. The lowest BCUT2D eigenvalue weighted by Crippen LogP contribution is -2.42. The molecule has 0 radical (unpaired) electrons. The third kappa shape index (κ3) is 2.24. The minimum Gasteiger partial charge on any atom is -0.379 e. The van der Waals surface area contributed by atoms with E-state index in [4.69, 9.17) is 4.74 Å². The molecular formula is C8H13N3OS. The lowest BCUT2D eigenvalue weighted by atomic mass is 10.0. The summed E-state index contributed by atoms with van der Waals surface area (Å²) < 4.78 is 9.14. The van der Waals surface area contributed by atoms with Crippen molar-refractivity contribution >= 4 is 11.5 Å². The molecule has 0 aromatic carbocycles. The Balaban J connectivity index is 1.85. The van der Waals surface area contributed by atoms with Gasteiger partial charge in [0.2, 0.25) is 0 Å². The van der Waals surface area contributed by atoms with Crippen LogP contribution in [0.2, 0.25) is 0 Å². The molecule has 2 rings (SSSR count). The van der Waals surface area contributed by atoms with E-state index in [2.05, 4.69) is 21.8 Å². The van der Waals surface area contributed by atoms with Crippen LogP contribution in [0.1, 0.15) is 19.0 Å². The Bertz CT molecular complexity index is 256. The van der Waals surface area contributed by atoms with Crippen LogP contribution < -0.4 is 5.32 Å². The maximum absolute atomic E-state index is 5.33. The van der Waals surface area contributed by atoms with Crippen molar-refractivity contribution < 1.29 is 4.74 Å². The van der Waals surface area contributed by atoms with Gasteiger partial charge >= 0.3 is 0 Å². The van der Waals surface area contributed by atoms with Gasteiger partial charge in [-0.25, -0.2) is 0 Å². The molecule has 1 aromatic rings. The van der Waals surface area contributed by atoms with Gasteiger partial charge in [0.25, 0.3) is 0 Å². The van der Waals surface area contributed by atoms with Crippen molar-refractivity contribution in [1.29, 1.82) is 0 Å². The highest BCUT2D eigenvalue weighted by Gasteiger charge is 2.28. The van der Waals surface area contributed by atoms with Crippen LogP contribution >= 0.6 is 11.5 Å². The van der Waals surface area contributed by atoms with Gasteiger partial charge in [-0.2, -0.15) is 0 Å². The van der Waals surface area contributed by atoms with Crippen molar-refractivity contribution in [3.63, 3.8) is 0 Å². The van der Waals surface area contributed by atoms with Crippen LogP contribution in [0.4, 0.5) is 0 Å². The Labute approximate surface area is 81.5 Å². The highest BCUT2D eigenvalue weighted by Crippen LogP contribution is 2.17. The van der Waals surface area contributed by atoms with Gasteiger partial charge in [-0.15, -0.1) is 5.10 Å². The molecule has 1 saturated heterocycles. The molecule has 1 N–H and O–H groups in total. The van der Waals surface area contributed by atoms with Gasteiger partial charge in [-0.3, -0.25) is 0 Å². The maximum Gasteiger partial charge on any atom is 0.0893 e. The second-order valence-electron chi connectivity index (χ2n) is 3.61. The lowest BCUT2D eigenvalue weighted by molar-refractivity contribution is 0.171. The first-order valence-corrected chi connectivity index (χ1v) is 5.21. The van der Waals surface area contributed by atoms with Crippen molar-refractivity contribution in [2.45, 2.75) is 25.4 Å². The maximum atomic E-state index is 5.33. The molecule has 2 heterocycles. The van der Waals surface area contributed by atoms with Crippen molar-refractivity contribution in [3.8, 4) is 0 Å². The summed E-state index contributed by atoms with van der Waals surface area (Å²) >= 11 is 1.39. The van der Waals surface area contributed by atoms with E-state index in [9.17, 15) is 0 Å². The van der Waals surface area contributed by atoms with Gasteiger partial charge in [-0.1, -0.05) is 4.49 Å². The predicted molar refractivity (Wildman–Crippen MR) is 50.6 cm³/mol. The van der Waals surface area contributed by atoms with Crippen LogP contribution in [-0.2, 0) is 11.3 Å². The third-order valence-corrected chi connectivity index (χ3v) is 2.87. The van der Waals surface area contributed by atoms with E-state index in [1.807, 2.05) is 5.38 Å². The molecule has 1 fully saturated rings. The molecule has 0 bridgehead atoms. The third-order valence-electron chi connectivity index (χ3n) is 2.32. The molecular weight excluding hydrogens is 186 g/mol. The normalized spacial score (nSPS) is 28.1. The second kappa shape index (κ2) is 3.69. The van der Waals surface area contributed by atoms with Gasteiger partial charge < -0.3 is 10.1 Å². The molecule has 5 heteroatoms. The molecule has 0 aliphatic carbocycles. The van der Waals surface area contributed by atoms with Gasteiger partial charge in [0.1, 0.15) is 0 Å². The monoisotopic (exact) mass is 199 g/mol. The Hall–Kier alpha value is -0.520. The molecule has 1 aliphatic heterocycles. The topological polar surface area (TPSA) is 47.0 Å². The van der Waals surface area contributed by atoms with Crippen LogP contribution in [0.25, 0.3) is 0 Å². The van der Waals surface area contributed by atoms with E-state index in [0.717, 1.165) is 31.9 Å². The van der Waals surface area contributed by atoms with E-state index in [1.165, 1.54) is 11.5 Å². The van der Waals surface area contributed by atoms with Crippen LogP contribution in [0.15, 0.2) is 5.38 Å². The molecule has 1 aliphatic rings. The number of ether oxygens (including phenoxy) is 1. The summed E-state index contributed by atoms with van der Waals surface area (Å²) in [5, 5.41) is 9.38. The SMILES string of the molecule is CC1(NCc2csnn2)CCOC1. The Morgan fingerprint density at radius 2 is 2.69 bits per heavy atom. The van der Waals surface area contributed by atoms with Crippen LogP contribution in [0, 0.1) is 0 Å². The first-order valence-electron chi connectivity index (χ1n) is 4.37. The van der Waals surface area contributed by atoms with Crippen molar-refractivity contribution in [3.05, 3.63) is 11.1 Å². The van der Waals surface area contributed by atoms with Crippen molar-refractivity contribution in [1.82, 2.24) is 14.9 Å². The molecule has 13 heavy (non-hydrogen) atoms. The van der Waals surface area contributed by atoms with Gasteiger partial charge in [0, 0.05) is 24.1 Å². The zero-order valence-corrected chi connectivity index (χ0v) is 8.43. The lowest BCUT2D eigenvalue weighted by Gasteiger charge is -2.22. The molecule has 0 saturated carbocycles. The quantitative estimate of drug-likeness (QED) is 0.782. The van der Waals surface area contributed by atoms with E-state index >= 15 is 0 Å². The molecule has 1 atom stereocenters. The van der Waals surface area contributed by atoms with Crippen LogP contribution in [0.5, 0.6) is 0 Å². The van der Waals surface area contributed by atoms with Crippen molar-refractivity contribution in [2.24, 2.45) is 0 Å². The summed E-state index contributed by atoms with van der Waals surface area (Å²) in [4.78, 5) is 0. The summed E-state index contributed by atoms with van der Waals surface area (Å²) in [6.07, 6.45) is 1.07. The van der Waals surface area contributed by atoms with Gasteiger partial charge in [0.05, 0.1) is 12.3 Å². The molecule has 4 nitrogen and oxygen atoms in total. The second-order valence-corrected chi connectivity index (χ2v) is 4.22. The van der Waals surface area contributed by atoms with Crippen LogP contribution in [-0.4, -0.2) is 28.3 Å². The summed E-state index contributed by atoms with van der Waals surface area (Å²) in [6, 6.07) is 0. The zero-order valence-electron chi connectivity index (χ0n) is 7.62. The van der Waals surface area contributed by atoms with Gasteiger partial charge in [-0.05, 0) is 24.9 Å². The summed E-state index contributed by atoms with van der Waals surface area (Å²) in [5.74, 6) is 0. The molecule has 0 spiro atoms. The molecule has 1 aromatic heterocycles. The zero-order chi connectivity index (χ0) is 9.15. The van der Waals surface area contributed by atoms with Crippen LogP contribution in [0.3, 0.4) is 0 Å². The first-order chi connectivity index (χ1) is 6.29. The number of hydrogen-bond donors (Lipinski definition) is 1. The first kappa shape index (κ1) is 9.05. The van der Waals surface area contributed by atoms with E-state index < -0.39 is 0 Å². The van der Waals surface area contributed by atoms with E-state index in [0.29, 0.717) is 0 Å². The number of nitrogens with one attached hydrogen (secondary N) is 1. The smallest absolute Gasteiger partial charge is 0.0893 e. The Morgan fingerprint density at radius 1 is 1.77 bits per heavy atom. The molecule has 1 unspecified atom stereocenters. The van der Waals surface area contributed by atoms with Crippen molar-refractivity contribution in [2.75, 3.05) is 13.2 Å². The highest BCUT2D eigenvalue weighted by atomic mass is 32.1. The molecule has 72 valence electrons. The fraction of sp³-hybridized carbons (Fsp3) is 0.750. The number of aromatic nitrogens is 2. The van der Waals surface area contributed by atoms with E-state index in [1.54, 1.807) is 0 Å². The Kier molecular flexibility index (Phi) is 2.57. The van der Waals surface area contributed by atoms with E-state index in [-0.39, 0.29) is 5.54 Å². The highest BCUT2D eigenvalue weighted by molar-refractivity contribution is 7.03.